The smallest absolute Gasteiger partial charge is 0.342 e. The number of phenolic OH excluding ortho intramolecular Hbond substituents is 1. The Balaban J connectivity index is 1.54. The molecule has 46 heavy (non-hydrogen) atoms. The van der Waals surface area contributed by atoms with Gasteiger partial charge in [0.15, 0.2) is 11.2 Å². The van der Waals surface area contributed by atoms with E-state index in [1.54, 1.807) is 37.3 Å². The third kappa shape index (κ3) is 5.42. The van der Waals surface area contributed by atoms with Gasteiger partial charge in [0.05, 0.1) is 18.3 Å². The maximum Gasteiger partial charge on any atom is 0.342 e. The SMILES string of the molecule is C[C@@H]1Cc2c(-c3nc4c(=O)[nH]c(N)nc4n3[C@H]3C[C@H](O)[C@@H](CO)O3)cc(C(=O)N[C@@H](Cc3ccccc3)C(=O)O)c(O)c2C(=O)O1. The van der Waals surface area contributed by atoms with Crippen molar-refractivity contribution >= 4 is 35.0 Å². The number of phenols is 1. The lowest BCUT2D eigenvalue weighted by molar-refractivity contribution is -0.139. The first-order chi connectivity index (χ1) is 22.0. The van der Waals surface area contributed by atoms with Gasteiger partial charge >= 0.3 is 11.9 Å². The molecule has 16 heteroatoms. The van der Waals surface area contributed by atoms with E-state index in [4.69, 9.17) is 15.2 Å². The topological polar surface area (TPSA) is 252 Å². The second kappa shape index (κ2) is 11.9. The van der Waals surface area contributed by atoms with Gasteiger partial charge < -0.3 is 41.0 Å². The van der Waals surface area contributed by atoms with Gasteiger partial charge in [0, 0.05) is 24.8 Å². The number of amides is 1. The Bertz CT molecular complexity index is 1920. The maximum atomic E-state index is 13.7. The summed E-state index contributed by atoms with van der Waals surface area (Å²) >= 11 is 0. The summed E-state index contributed by atoms with van der Waals surface area (Å²) in [6.07, 6.45) is -3.81. The average molecular weight is 635 g/mol. The number of nitrogen functional groups attached to an aromatic ring is 1. The molecule has 1 amide bonds. The molecule has 240 valence electrons. The number of ether oxygens (including phenoxy) is 2. The third-order valence-corrected chi connectivity index (χ3v) is 8.02. The maximum absolute atomic E-state index is 13.7. The summed E-state index contributed by atoms with van der Waals surface area (Å²) in [6.45, 7) is 1.12. The summed E-state index contributed by atoms with van der Waals surface area (Å²) < 4.78 is 12.6. The quantitative estimate of drug-likeness (QED) is 0.128. The molecule has 0 saturated carbocycles. The second-order valence-electron chi connectivity index (χ2n) is 11.2. The van der Waals surface area contributed by atoms with Gasteiger partial charge in [-0.15, -0.1) is 0 Å². The number of hydrogen-bond acceptors (Lipinski definition) is 12. The molecule has 0 aliphatic carbocycles. The number of nitrogens with zero attached hydrogens (tertiary/aromatic N) is 3. The number of aromatic nitrogens is 4. The lowest BCUT2D eigenvalue weighted by atomic mass is 9.89. The number of hydrogen-bond donors (Lipinski definition) is 7. The van der Waals surface area contributed by atoms with Crippen LogP contribution < -0.4 is 16.6 Å². The number of aromatic amines is 1. The number of H-pyrrole nitrogens is 1. The monoisotopic (exact) mass is 634 g/mol. The largest absolute Gasteiger partial charge is 0.506 e. The summed E-state index contributed by atoms with van der Waals surface area (Å²) in [7, 11) is 0. The van der Waals surface area contributed by atoms with Crippen LogP contribution in [0.2, 0.25) is 0 Å². The van der Waals surface area contributed by atoms with Gasteiger partial charge in [-0.2, -0.15) is 4.98 Å². The number of aliphatic hydroxyl groups is 2. The van der Waals surface area contributed by atoms with Crippen molar-refractivity contribution in [2.24, 2.45) is 0 Å². The lowest BCUT2D eigenvalue weighted by Gasteiger charge is -2.27. The van der Waals surface area contributed by atoms with Gasteiger partial charge in [-0.25, -0.2) is 14.6 Å². The van der Waals surface area contributed by atoms with Crippen LogP contribution in [0.25, 0.3) is 22.6 Å². The van der Waals surface area contributed by atoms with Crippen LogP contribution >= 0.6 is 0 Å². The second-order valence-corrected chi connectivity index (χ2v) is 11.2. The van der Waals surface area contributed by atoms with E-state index in [-0.39, 0.29) is 58.9 Å². The van der Waals surface area contributed by atoms with E-state index in [1.807, 2.05) is 0 Å². The molecule has 0 radical (unpaired) electrons. The molecule has 8 N–H and O–H groups in total. The molecule has 4 heterocycles. The van der Waals surface area contributed by atoms with Gasteiger partial charge in [0.1, 0.15) is 41.6 Å². The van der Waals surface area contributed by atoms with Crippen LogP contribution in [-0.2, 0) is 27.1 Å². The van der Waals surface area contributed by atoms with Crippen molar-refractivity contribution in [1.82, 2.24) is 24.8 Å². The normalized spacial score (nSPS) is 21.5. The van der Waals surface area contributed by atoms with Gasteiger partial charge in [-0.1, -0.05) is 30.3 Å². The number of aromatic hydroxyl groups is 1. The Morgan fingerprint density at radius 1 is 1.22 bits per heavy atom. The highest BCUT2D eigenvalue weighted by molar-refractivity contribution is 6.06. The van der Waals surface area contributed by atoms with Crippen molar-refractivity contribution in [3.8, 4) is 17.1 Å². The zero-order chi connectivity index (χ0) is 32.9. The van der Waals surface area contributed by atoms with Gasteiger partial charge in [-0.05, 0) is 24.1 Å². The molecule has 0 bridgehead atoms. The van der Waals surface area contributed by atoms with Crippen LogP contribution in [0.5, 0.6) is 5.75 Å². The zero-order valence-corrected chi connectivity index (χ0v) is 24.3. The molecular weight excluding hydrogens is 604 g/mol. The molecule has 2 aromatic carbocycles. The predicted octanol–water partition coefficient (Wildman–Crippen LogP) is 0.242. The molecule has 0 unspecified atom stereocenters. The highest BCUT2D eigenvalue weighted by Gasteiger charge is 2.40. The van der Waals surface area contributed by atoms with Crippen LogP contribution in [0.1, 0.15) is 51.4 Å². The van der Waals surface area contributed by atoms with E-state index in [0.717, 1.165) is 0 Å². The summed E-state index contributed by atoms with van der Waals surface area (Å²) in [4.78, 5) is 63.0. The molecule has 6 rings (SSSR count). The number of nitrogens with two attached hydrogens (primary N) is 1. The number of cyclic esters (lactones) is 1. The summed E-state index contributed by atoms with van der Waals surface area (Å²) in [6, 6.07) is 8.44. The number of nitrogens with one attached hydrogen (secondary N) is 2. The third-order valence-electron chi connectivity index (χ3n) is 8.02. The van der Waals surface area contributed by atoms with Crippen molar-refractivity contribution < 1.29 is 44.3 Å². The Morgan fingerprint density at radius 2 is 1.96 bits per heavy atom. The molecule has 16 nitrogen and oxygen atoms in total. The highest BCUT2D eigenvalue weighted by Crippen LogP contribution is 2.42. The molecular formula is C30H30N6O10. The highest BCUT2D eigenvalue weighted by atomic mass is 16.5. The van der Waals surface area contributed by atoms with E-state index >= 15 is 0 Å². The zero-order valence-electron chi connectivity index (χ0n) is 24.3. The lowest BCUT2D eigenvalue weighted by Crippen LogP contribution is -2.42. The minimum absolute atomic E-state index is 0.0272. The number of carboxylic acid groups (broad SMARTS) is 1. The molecule has 2 aromatic heterocycles. The molecule has 1 saturated heterocycles. The minimum Gasteiger partial charge on any atom is -0.506 e. The van der Waals surface area contributed by atoms with Gasteiger partial charge in [0.2, 0.25) is 5.95 Å². The van der Waals surface area contributed by atoms with Crippen molar-refractivity contribution in [3.63, 3.8) is 0 Å². The average Bonchev–Trinajstić information content (AvgIpc) is 3.56. The summed E-state index contributed by atoms with van der Waals surface area (Å²) in [5, 5.41) is 43.8. The number of carbonyl (C=O) groups excluding carboxylic acids is 2. The predicted molar refractivity (Wildman–Crippen MR) is 159 cm³/mol. The van der Waals surface area contributed by atoms with Crippen LogP contribution in [0.15, 0.2) is 41.2 Å². The number of rotatable bonds is 8. The van der Waals surface area contributed by atoms with E-state index < -0.39 is 71.9 Å². The number of fused-ring (bicyclic) bond motifs is 2. The Labute approximate surface area is 259 Å². The molecule has 2 aliphatic rings. The molecule has 1 fully saturated rings. The first kappa shape index (κ1) is 30.7. The fourth-order valence-corrected chi connectivity index (χ4v) is 5.87. The van der Waals surface area contributed by atoms with Crippen LogP contribution in [-0.4, -0.2) is 88.8 Å². The van der Waals surface area contributed by atoms with Crippen LogP contribution in [0, 0.1) is 0 Å². The van der Waals surface area contributed by atoms with E-state index in [2.05, 4.69) is 20.3 Å². The van der Waals surface area contributed by atoms with Crippen molar-refractivity contribution in [2.45, 2.75) is 56.8 Å². The van der Waals surface area contributed by atoms with Gasteiger partial charge in [0.25, 0.3) is 11.5 Å². The Hall–Kier alpha value is -5.32. The number of esters is 1. The number of aliphatic hydroxyl groups excluding tert-OH is 2. The summed E-state index contributed by atoms with van der Waals surface area (Å²) in [5.41, 5.74) is 5.10. The van der Waals surface area contributed by atoms with Crippen molar-refractivity contribution in [3.05, 3.63) is 69.0 Å². The Kier molecular flexibility index (Phi) is 7.93. The number of benzene rings is 2. The fourth-order valence-electron chi connectivity index (χ4n) is 5.87. The molecule has 4 aromatic rings. The molecule has 5 atom stereocenters. The standard InChI is InChI=1S/C30H30N6O10/c1-12-7-14-15(24-33-22-25(34-30(31)35-27(22)41)36(24)20-10-18(38)19(11-37)46-20)9-16(23(39)21(14)29(44)45-12)26(40)32-17(28(42)43)8-13-5-3-2-4-6-13/h2-6,9,12,17-20,37-39H,7-8,10-11H2,1H3,(H,32,40)(H,42,43)(H3,31,34,35,41)/t12-,17+,18+,19-,20-/m1/s1. The van der Waals surface area contributed by atoms with Crippen molar-refractivity contribution in [1.29, 1.82) is 0 Å². The number of anilines is 1. The molecule has 2 aliphatic heterocycles. The number of aliphatic carboxylic acids is 1. The van der Waals surface area contributed by atoms with Crippen LogP contribution in [0.4, 0.5) is 5.95 Å². The number of imidazole rings is 1. The summed E-state index contributed by atoms with van der Waals surface area (Å²) in [5.74, 6) is -4.27. The van der Waals surface area contributed by atoms with Crippen LogP contribution in [0.3, 0.4) is 0 Å². The first-order valence-corrected chi connectivity index (χ1v) is 14.4. The van der Waals surface area contributed by atoms with Gasteiger partial charge in [-0.3, -0.25) is 19.1 Å². The minimum atomic E-state index is -1.40. The van der Waals surface area contributed by atoms with Crippen molar-refractivity contribution in [2.75, 3.05) is 12.3 Å². The van der Waals surface area contributed by atoms with E-state index in [0.29, 0.717) is 5.56 Å². The van der Waals surface area contributed by atoms with E-state index in [9.17, 15) is 39.6 Å². The molecule has 0 spiro atoms. The van der Waals surface area contributed by atoms with E-state index in [1.165, 1.54) is 10.6 Å². The number of carboxylic acids is 1. The number of carbonyl (C=O) groups is 3. The fraction of sp³-hybridized carbons (Fsp3) is 0.333. The first-order valence-electron chi connectivity index (χ1n) is 14.4. The Morgan fingerprint density at radius 3 is 2.63 bits per heavy atom.